The summed E-state index contributed by atoms with van der Waals surface area (Å²) in [6.45, 7) is 3.93. The summed E-state index contributed by atoms with van der Waals surface area (Å²) < 4.78 is 33.6. The second kappa shape index (κ2) is 10.8. The fourth-order valence-electron chi connectivity index (χ4n) is 3.06. The number of halogens is 1. The third kappa shape index (κ3) is 6.43. The van der Waals surface area contributed by atoms with Crippen molar-refractivity contribution in [3.05, 3.63) is 40.6 Å². The van der Waals surface area contributed by atoms with Gasteiger partial charge in [-0.1, -0.05) is 31.5 Å². The Morgan fingerprint density at radius 3 is 2.39 bits per heavy atom. The Morgan fingerprint density at radius 1 is 1.24 bits per heavy atom. The van der Waals surface area contributed by atoms with E-state index in [9.17, 15) is 38.4 Å². The number of carboxylic acids is 1. The number of hydrogen-bond donors (Lipinski definition) is 6. The number of amides is 1. The number of aliphatic hydroxyl groups excluding tert-OH is 3. The second-order valence-electron chi connectivity index (χ2n) is 7.91. The van der Waals surface area contributed by atoms with Crippen molar-refractivity contribution < 1.29 is 43.2 Å². The molecule has 1 amide bonds. The van der Waals surface area contributed by atoms with Gasteiger partial charge < -0.3 is 30.5 Å². The molecule has 0 aromatic heterocycles. The van der Waals surface area contributed by atoms with Gasteiger partial charge >= 0.3 is 5.97 Å². The highest BCUT2D eigenvalue weighted by atomic mass is 35.5. The highest BCUT2D eigenvalue weighted by Gasteiger charge is 2.45. The van der Waals surface area contributed by atoms with E-state index >= 15 is 0 Å². The number of benzene rings is 1. The van der Waals surface area contributed by atoms with Crippen LogP contribution in [0.2, 0.25) is 5.02 Å². The summed E-state index contributed by atoms with van der Waals surface area (Å²) in [4.78, 5) is 23.8. The first-order valence-electron chi connectivity index (χ1n) is 9.96. The number of sulfonamides is 1. The standard InChI is InChI=1S/C20H27ClN2O9S/c1-9(2)19(27)22-16-13(23-33(30,31)11-5-4-10(3)12(21)6-11)7-15(20(28)29)32-18(16)17(26)14(25)8-24/h4-7,9,13-14,16-18,23-26H,8H2,1-3H3,(H,22,27)(H,28,29)/t13-,14?,16+,17+,18+/m0/s1. The number of aliphatic hydroxyl groups is 3. The van der Waals surface area contributed by atoms with Gasteiger partial charge in [0.05, 0.1) is 23.6 Å². The van der Waals surface area contributed by atoms with Gasteiger partial charge in [0, 0.05) is 10.9 Å². The molecule has 0 spiro atoms. The first-order chi connectivity index (χ1) is 15.3. The van der Waals surface area contributed by atoms with E-state index < -0.39 is 70.6 Å². The molecule has 1 aromatic rings. The van der Waals surface area contributed by atoms with Crippen molar-refractivity contribution >= 4 is 33.5 Å². The molecule has 0 saturated carbocycles. The van der Waals surface area contributed by atoms with Gasteiger partial charge in [-0.05, 0) is 30.7 Å². The van der Waals surface area contributed by atoms with Crippen LogP contribution in [-0.2, 0) is 24.3 Å². The van der Waals surface area contributed by atoms with Crippen LogP contribution < -0.4 is 10.0 Å². The zero-order valence-corrected chi connectivity index (χ0v) is 19.7. The summed E-state index contributed by atoms with van der Waals surface area (Å²) in [6, 6.07) is 1.26. The quantitative estimate of drug-likeness (QED) is 0.257. The largest absolute Gasteiger partial charge is 0.478 e. The van der Waals surface area contributed by atoms with Crippen molar-refractivity contribution in [2.24, 2.45) is 5.92 Å². The van der Waals surface area contributed by atoms with E-state index in [0.29, 0.717) is 5.56 Å². The number of rotatable bonds is 9. The normalized spacial score (nSPS) is 22.8. The number of carboxylic acid groups (broad SMARTS) is 1. The number of carbonyl (C=O) groups excluding carboxylic acids is 1. The van der Waals surface area contributed by atoms with Crippen molar-refractivity contribution in [1.29, 1.82) is 0 Å². The summed E-state index contributed by atoms with van der Waals surface area (Å²) in [5.41, 5.74) is 0.637. The molecule has 11 nitrogen and oxygen atoms in total. The third-order valence-corrected chi connectivity index (χ3v) is 6.91. The summed E-state index contributed by atoms with van der Waals surface area (Å²) in [5, 5.41) is 41.7. The topological polar surface area (TPSA) is 182 Å². The molecule has 0 radical (unpaired) electrons. The molecule has 1 unspecified atom stereocenters. The lowest BCUT2D eigenvalue weighted by atomic mass is 9.92. The number of carbonyl (C=O) groups is 2. The average Bonchev–Trinajstić information content (AvgIpc) is 2.74. The molecule has 0 bridgehead atoms. The fraction of sp³-hybridized carbons (Fsp3) is 0.500. The van der Waals surface area contributed by atoms with Gasteiger partial charge in [0.25, 0.3) is 0 Å². The van der Waals surface area contributed by atoms with Gasteiger partial charge in [-0.25, -0.2) is 17.9 Å². The molecule has 1 heterocycles. The monoisotopic (exact) mass is 506 g/mol. The Bertz CT molecular complexity index is 1030. The number of aryl methyl sites for hydroxylation is 1. The van der Waals surface area contributed by atoms with Crippen molar-refractivity contribution in [2.75, 3.05) is 6.61 Å². The molecule has 5 atom stereocenters. The summed E-state index contributed by atoms with van der Waals surface area (Å²) in [6.07, 6.45) is -4.29. The first-order valence-corrected chi connectivity index (χ1v) is 11.8. The van der Waals surface area contributed by atoms with E-state index in [4.69, 9.17) is 16.3 Å². The van der Waals surface area contributed by atoms with Crippen LogP contribution in [0.25, 0.3) is 0 Å². The van der Waals surface area contributed by atoms with Crippen LogP contribution in [0.15, 0.2) is 34.9 Å². The fourth-order valence-corrected chi connectivity index (χ4v) is 4.53. The Balaban J connectivity index is 2.54. The molecule has 6 N–H and O–H groups in total. The van der Waals surface area contributed by atoms with Gasteiger partial charge in [-0.2, -0.15) is 0 Å². The van der Waals surface area contributed by atoms with E-state index in [1.165, 1.54) is 18.2 Å². The maximum absolute atomic E-state index is 13.0. The molecule has 1 aliphatic rings. The van der Waals surface area contributed by atoms with Gasteiger partial charge in [0.1, 0.15) is 18.3 Å². The minimum atomic E-state index is -4.28. The summed E-state index contributed by atoms with van der Waals surface area (Å²) in [5.74, 6) is -3.38. The lowest BCUT2D eigenvalue weighted by Crippen LogP contribution is -2.64. The highest BCUT2D eigenvalue weighted by molar-refractivity contribution is 7.89. The van der Waals surface area contributed by atoms with Crippen molar-refractivity contribution in [3.63, 3.8) is 0 Å². The third-order valence-electron chi connectivity index (χ3n) is 5.04. The summed E-state index contributed by atoms with van der Waals surface area (Å²) >= 11 is 6.03. The molecule has 0 aliphatic carbocycles. The molecule has 2 rings (SSSR count). The van der Waals surface area contributed by atoms with Gasteiger partial charge in [0.2, 0.25) is 21.7 Å². The average molecular weight is 507 g/mol. The van der Waals surface area contributed by atoms with E-state index in [-0.39, 0.29) is 9.92 Å². The smallest absolute Gasteiger partial charge is 0.370 e. The van der Waals surface area contributed by atoms with Gasteiger partial charge in [-0.15, -0.1) is 0 Å². The molecule has 0 fully saturated rings. The Labute approximate surface area is 196 Å². The van der Waals surface area contributed by atoms with Crippen molar-refractivity contribution in [3.8, 4) is 0 Å². The lowest BCUT2D eigenvalue weighted by Gasteiger charge is -2.40. The Hall–Kier alpha value is -2.22. The molecule has 33 heavy (non-hydrogen) atoms. The van der Waals surface area contributed by atoms with Crippen LogP contribution in [0.1, 0.15) is 19.4 Å². The maximum Gasteiger partial charge on any atom is 0.370 e. The predicted molar refractivity (Wildman–Crippen MR) is 117 cm³/mol. The molecular weight excluding hydrogens is 480 g/mol. The van der Waals surface area contributed by atoms with E-state index in [2.05, 4.69) is 10.0 Å². The van der Waals surface area contributed by atoms with Crippen molar-refractivity contribution in [1.82, 2.24) is 10.0 Å². The minimum Gasteiger partial charge on any atom is -0.478 e. The zero-order valence-electron chi connectivity index (χ0n) is 18.1. The second-order valence-corrected chi connectivity index (χ2v) is 10.0. The Kier molecular flexibility index (Phi) is 8.85. The van der Waals surface area contributed by atoms with E-state index in [0.717, 1.165) is 6.08 Å². The molecule has 184 valence electrons. The highest BCUT2D eigenvalue weighted by Crippen LogP contribution is 2.26. The molecule has 13 heteroatoms. The van der Waals surface area contributed by atoms with Gasteiger partial charge in [0.15, 0.2) is 0 Å². The summed E-state index contributed by atoms with van der Waals surface area (Å²) in [7, 11) is -4.28. The number of hydrogen-bond acceptors (Lipinski definition) is 8. The molecule has 0 saturated heterocycles. The predicted octanol–water partition coefficient (Wildman–Crippen LogP) is -0.482. The SMILES string of the molecule is Cc1ccc(S(=O)(=O)N[C@H]2C=C(C(=O)O)O[C@@H]([C@H](O)C(O)CO)[C@@H]2NC(=O)C(C)C)cc1Cl. The van der Waals surface area contributed by atoms with Crippen LogP contribution in [0.3, 0.4) is 0 Å². The van der Waals surface area contributed by atoms with E-state index in [1.807, 2.05) is 0 Å². The maximum atomic E-state index is 13.0. The number of nitrogens with one attached hydrogen (secondary N) is 2. The van der Waals surface area contributed by atoms with Crippen LogP contribution in [0.5, 0.6) is 0 Å². The molecule has 1 aliphatic heterocycles. The van der Waals surface area contributed by atoms with Crippen LogP contribution in [0.4, 0.5) is 0 Å². The van der Waals surface area contributed by atoms with Crippen LogP contribution in [0, 0.1) is 12.8 Å². The van der Waals surface area contributed by atoms with E-state index in [1.54, 1.807) is 20.8 Å². The molecule has 1 aromatic carbocycles. The zero-order chi connectivity index (χ0) is 25.1. The number of aliphatic carboxylic acids is 1. The minimum absolute atomic E-state index is 0.190. The first kappa shape index (κ1) is 27.0. The Morgan fingerprint density at radius 2 is 1.88 bits per heavy atom. The molecular formula is C20H27ClN2O9S. The van der Waals surface area contributed by atoms with Gasteiger partial charge in [-0.3, -0.25) is 4.79 Å². The van der Waals surface area contributed by atoms with Crippen molar-refractivity contribution in [2.45, 2.75) is 56.1 Å². The van der Waals surface area contributed by atoms with Crippen LogP contribution in [-0.4, -0.2) is 77.7 Å². The van der Waals surface area contributed by atoms with Crippen LogP contribution >= 0.6 is 11.6 Å². The lowest BCUT2D eigenvalue weighted by molar-refractivity contribution is -0.146. The number of ether oxygens (including phenoxy) is 1.